The summed E-state index contributed by atoms with van der Waals surface area (Å²) in [5.41, 5.74) is 4.04. The van der Waals surface area contributed by atoms with Gasteiger partial charge in [0.2, 0.25) is 10.0 Å². The first-order valence-electron chi connectivity index (χ1n) is 12.8. The van der Waals surface area contributed by atoms with Crippen LogP contribution >= 0.6 is 11.6 Å². The van der Waals surface area contributed by atoms with Crippen molar-refractivity contribution in [3.63, 3.8) is 0 Å². The van der Waals surface area contributed by atoms with E-state index in [1.165, 1.54) is 34.8 Å². The number of hydrogen-bond acceptors (Lipinski definition) is 6. The lowest BCUT2D eigenvalue weighted by Crippen LogP contribution is -2.43. The molecule has 2 aliphatic rings. The molecule has 2 aliphatic heterocycles. The van der Waals surface area contributed by atoms with Gasteiger partial charge >= 0.3 is 0 Å². The predicted octanol–water partition coefficient (Wildman–Crippen LogP) is 2.66. The minimum absolute atomic E-state index is 0.135. The van der Waals surface area contributed by atoms with Gasteiger partial charge in [0.05, 0.1) is 24.6 Å². The number of benzene rings is 2. The lowest BCUT2D eigenvalue weighted by atomic mass is 10.0. The van der Waals surface area contributed by atoms with Crippen LogP contribution in [-0.2, 0) is 36.1 Å². The van der Waals surface area contributed by atoms with Crippen LogP contribution in [0.4, 0.5) is 4.39 Å². The normalized spacial score (nSPS) is 16.9. The molecule has 0 saturated carbocycles. The molecule has 0 aliphatic carbocycles. The third-order valence-electron chi connectivity index (χ3n) is 7.23. The van der Waals surface area contributed by atoms with Crippen LogP contribution in [0.2, 0.25) is 5.02 Å². The Balaban J connectivity index is 1.42. The number of carbonyl (C=O) groups excluding carboxylic acids is 1. The highest BCUT2D eigenvalue weighted by molar-refractivity contribution is 7.88. The number of amides is 1. The average Bonchev–Trinajstić information content (AvgIpc) is 3.23. The molecular formula is C27H31ClFN5O4S. The zero-order valence-corrected chi connectivity index (χ0v) is 23.2. The van der Waals surface area contributed by atoms with Crippen molar-refractivity contribution in [3.05, 3.63) is 75.7 Å². The third kappa shape index (κ3) is 6.33. The van der Waals surface area contributed by atoms with E-state index >= 15 is 0 Å². The monoisotopic (exact) mass is 575 g/mol. The van der Waals surface area contributed by atoms with Gasteiger partial charge in [0.1, 0.15) is 5.82 Å². The third-order valence-corrected chi connectivity index (χ3v) is 8.85. The SMILES string of the molecule is CS(=O)(=O)N1CCc2c(c(-c3ccc(Cl)c(CNC(=O)c4ccc(F)cc4)c3)nn2CC(O)CN2CCC2)C1. The Kier molecular flexibility index (Phi) is 8.06. The molecule has 1 aromatic heterocycles. The molecule has 1 fully saturated rings. The maximum Gasteiger partial charge on any atom is 0.251 e. The zero-order valence-electron chi connectivity index (χ0n) is 21.6. The molecule has 3 aromatic rings. The second-order valence-corrected chi connectivity index (χ2v) is 12.5. The summed E-state index contributed by atoms with van der Waals surface area (Å²) in [7, 11) is -3.41. The van der Waals surface area contributed by atoms with E-state index in [1.54, 1.807) is 10.7 Å². The van der Waals surface area contributed by atoms with Gasteiger partial charge in [-0.3, -0.25) is 9.48 Å². The number of aromatic nitrogens is 2. The van der Waals surface area contributed by atoms with Crippen LogP contribution in [0.1, 0.15) is 33.6 Å². The van der Waals surface area contributed by atoms with Crippen LogP contribution in [-0.4, -0.2) is 77.0 Å². The number of nitrogens with one attached hydrogen (secondary N) is 1. The zero-order chi connectivity index (χ0) is 27.7. The minimum Gasteiger partial charge on any atom is -0.390 e. The molecule has 0 bridgehead atoms. The Morgan fingerprint density at radius 1 is 1.15 bits per heavy atom. The lowest BCUT2D eigenvalue weighted by molar-refractivity contribution is 0.0654. The minimum atomic E-state index is -3.41. The molecule has 1 atom stereocenters. The molecule has 9 nitrogen and oxygen atoms in total. The number of hydrogen-bond donors (Lipinski definition) is 2. The maximum absolute atomic E-state index is 13.2. The van der Waals surface area contributed by atoms with Crippen molar-refractivity contribution in [1.29, 1.82) is 0 Å². The highest BCUT2D eigenvalue weighted by atomic mass is 35.5. The largest absolute Gasteiger partial charge is 0.390 e. The molecule has 2 N–H and O–H groups in total. The Hall–Kier alpha value is -2.83. The molecule has 1 amide bonds. The van der Waals surface area contributed by atoms with Crippen LogP contribution in [0.15, 0.2) is 42.5 Å². The number of likely N-dealkylation sites (tertiary alicyclic amines) is 1. The van der Waals surface area contributed by atoms with Crippen LogP contribution < -0.4 is 5.32 Å². The number of fused-ring (bicyclic) bond motifs is 1. The molecule has 0 spiro atoms. The van der Waals surface area contributed by atoms with Crippen LogP contribution in [0, 0.1) is 5.82 Å². The van der Waals surface area contributed by atoms with E-state index in [0.717, 1.165) is 36.3 Å². The van der Waals surface area contributed by atoms with E-state index in [9.17, 15) is 22.7 Å². The summed E-state index contributed by atoms with van der Waals surface area (Å²) in [5, 5.41) is 18.8. The van der Waals surface area contributed by atoms with E-state index in [4.69, 9.17) is 16.7 Å². The number of halogens is 2. The fourth-order valence-corrected chi connectivity index (χ4v) is 5.96. The van der Waals surface area contributed by atoms with E-state index in [-0.39, 0.29) is 19.0 Å². The van der Waals surface area contributed by atoms with E-state index in [0.29, 0.717) is 47.9 Å². The summed E-state index contributed by atoms with van der Waals surface area (Å²) < 4.78 is 41.1. The maximum atomic E-state index is 13.2. The Labute approximate surface area is 232 Å². The molecule has 5 rings (SSSR count). The molecular weight excluding hydrogens is 545 g/mol. The van der Waals surface area contributed by atoms with Gasteiger partial charge in [0.15, 0.2) is 0 Å². The predicted molar refractivity (Wildman–Crippen MR) is 146 cm³/mol. The Morgan fingerprint density at radius 2 is 1.90 bits per heavy atom. The Morgan fingerprint density at radius 3 is 2.56 bits per heavy atom. The molecule has 0 radical (unpaired) electrons. The molecule has 2 aromatic carbocycles. The number of nitrogens with zero attached hydrogens (tertiary/aromatic N) is 4. The van der Waals surface area contributed by atoms with Crippen molar-refractivity contribution in [2.75, 3.05) is 32.4 Å². The smallest absolute Gasteiger partial charge is 0.251 e. The van der Waals surface area contributed by atoms with Crippen molar-refractivity contribution in [1.82, 2.24) is 24.3 Å². The van der Waals surface area contributed by atoms with Crippen molar-refractivity contribution < 1.29 is 22.7 Å². The highest BCUT2D eigenvalue weighted by Crippen LogP contribution is 2.33. The van der Waals surface area contributed by atoms with Crippen LogP contribution in [0.5, 0.6) is 0 Å². The Bertz CT molecular complexity index is 1470. The molecule has 12 heteroatoms. The summed E-state index contributed by atoms with van der Waals surface area (Å²) in [6, 6.07) is 10.6. The summed E-state index contributed by atoms with van der Waals surface area (Å²) in [5.74, 6) is -0.786. The van der Waals surface area contributed by atoms with Crippen molar-refractivity contribution in [3.8, 4) is 11.3 Å². The number of aliphatic hydroxyl groups excluding tert-OH is 1. The van der Waals surface area contributed by atoms with Gasteiger partial charge in [-0.05, 0) is 61.5 Å². The van der Waals surface area contributed by atoms with Gasteiger partial charge in [-0.2, -0.15) is 9.40 Å². The van der Waals surface area contributed by atoms with Crippen molar-refractivity contribution in [2.24, 2.45) is 0 Å². The first-order chi connectivity index (χ1) is 18.6. The fourth-order valence-electron chi connectivity index (χ4n) is 4.99. The summed E-state index contributed by atoms with van der Waals surface area (Å²) in [6.45, 7) is 3.51. The van der Waals surface area contributed by atoms with Gasteiger partial charge in [0.25, 0.3) is 5.91 Å². The van der Waals surface area contributed by atoms with Crippen LogP contribution in [0.25, 0.3) is 11.3 Å². The number of sulfonamides is 1. The quantitative estimate of drug-likeness (QED) is 0.406. The summed E-state index contributed by atoms with van der Waals surface area (Å²) in [6.07, 6.45) is 2.22. The topological polar surface area (TPSA) is 108 Å². The van der Waals surface area contributed by atoms with E-state index < -0.39 is 21.9 Å². The number of β-amino-alcohol motifs (C(OH)–C–C–N with tert-alkyl or cyclic N) is 1. The molecule has 208 valence electrons. The number of carbonyl (C=O) groups is 1. The van der Waals surface area contributed by atoms with E-state index in [2.05, 4.69) is 10.2 Å². The second kappa shape index (κ2) is 11.3. The van der Waals surface area contributed by atoms with Gasteiger partial charge in [-0.25, -0.2) is 12.8 Å². The summed E-state index contributed by atoms with van der Waals surface area (Å²) >= 11 is 6.45. The second-order valence-electron chi connectivity index (χ2n) is 10.1. The van der Waals surface area contributed by atoms with Gasteiger partial charge in [-0.15, -0.1) is 0 Å². The van der Waals surface area contributed by atoms with Gasteiger partial charge in [-0.1, -0.05) is 17.7 Å². The summed E-state index contributed by atoms with van der Waals surface area (Å²) in [4.78, 5) is 14.7. The number of aliphatic hydroxyl groups is 1. The van der Waals surface area contributed by atoms with E-state index in [1.807, 2.05) is 12.1 Å². The van der Waals surface area contributed by atoms with Crippen molar-refractivity contribution in [2.45, 2.75) is 38.6 Å². The van der Waals surface area contributed by atoms with Crippen LogP contribution in [0.3, 0.4) is 0 Å². The molecule has 39 heavy (non-hydrogen) atoms. The number of rotatable bonds is 9. The van der Waals surface area contributed by atoms with Crippen molar-refractivity contribution >= 4 is 27.5 Å². The first-order valence-corrected chi connectivity index (χ1v) is 15.1. The first kappa shape index (κ1) is 27.7. The standard InChI is InChI=1S/C27H31ClFN5O4S/c1-39(37,38)33-12-9-25-23(17-33)26(31-34(25)16-22(35)15-32-10-2-11-32)19-5-8-24(28)20(13-19)14-30-27(36)18-3-6-21(29)7-4-18/h3-8,13,22,35H,2,9-12,14-17H2,1H3,(H,30,36). The highest BCUT2D eigenvalue weighted by Gasteiger charge is 2.31. The molecule has 1 unspecified atom stereocenters. The lowest BCUT2D eigenvalue weighted by Gasteiger charge is -2.32. The van der Waals surface area contributed by atoms with Gasteiger partial charge in [0, 0.05) is 60.0 Å². The molecule has 3 heterocycles. The molecule has 1 saturated heterocycles. The van der Waals surface area contributed by atoms with Gasteiger partial charge < -0.3 is 15.3 Å². The average molecular weight is 576 g/mol. The fraction of sp³-hybridized carbons (Fsp3) is 0.407.